The molecule has 1 aromatic rings. The van der Waals surface area contributed by atoms with Crippen molar-refractivity contribution in [2.75, 3.05) is 13.1 Å². The van der Waals surface area contributed by atoms with Gasteiger partial charge in [-0.05, 0) is 28.9 Å². The lowest BCUT2D eigenvalue weighted by Crippen LogP contribution is -2.59. The first-order valence-corrected chi connectivity index (χ1v) is 10.1. The number of fused-ring (bicyclic) bond motifs is 1. The van der Waals surface area contributed by atoms with Gasteiger partial charge >= 0.3 is 0 Å². The first kappa shape index (κ1) is 19.9. The molecule has 27 heavy (non-hydrogen) atoms. The van der Waals surface area contributed by atoms with Crippen molar-refractivity contribution >= 4 is 11.8 Å². The number of piperidine rings is 1. The van der Waals surface area contributed by atoms with Crippen molar-refractivity contribution in [3.8, 4) is 0 Å². The van der Waals surface area contributed by atoms with Crippen LogP contribution in [0.1, 0.15) is 51.7 Å². The van der Waals surface area contributed by atoms with Crippen LogP contribution in [-0.4, -0.2) is 46.8 Å². The summed E-state index contributed by atoms with van der Waals surface area (Å²) in [6, 6.07) is 7.85. The lowest BCUT2D eigenvalue weighted by atomic mass is 9.79. The summed E-state index contributed by atoms with van der Waals surface area (Å²) in [5.41, 5.74) is 8.47. The maximum absolute atomic E-state index is 13.4. The first-order chi connectivity index (χ1) is 12.7. The van der Waals surface area contributed by atoms with Gasteiger partial charge in [0.25, 0.3) is 0 Å². The van der Waals surface area contributed by atoms with E-state index in [0.717, 1.165) is 12.0 Å². The van der Waals surface area contributed by atoms with Crippen LogP contribution in [0, 0.1) is 11.3 Å². The van der Waals surface area contributed by atoms with E-state index in [1.807, 2.05) is 35.8 Å². The molecule has 0 aromatic heterocycles. The Kier molecular flexibility index (Phi) is 5.61. The Morgan fingerprint density at radius 3 is 2.52 bits per heavy atom. The van der Waals surface area contributed by atoms with E-state index in [0.29, 0.717) is 32.5 Å². The number of likely N-dealkylation sites (tertiary alicyclic amines) is 1. The molecule has 1 fully saturated rings. The highest BCUT2D eigenvalue weighted by Gasteiger charge is 2.41. The molecule has 5 heteroatoms. The molecule has 0 spiro atoms. The van der Waals surface area contributed by atoms with Crippen LogP contribution in [0.4, 0.5) is 0 Å². The zero-order valence-corrected chi connectivity index (χ0v) is 17.1. The fourth-order valence-electron chi connectivity index (χ4n) is 4.24. The number of amides is 2. The van der Waals surface area contributed by atoms with Crippen molar-refractivity contribution in [1.29, 1.82) is 0 Å². The van der Waals surface area contributed by atoms with E-state index in [-0.39, 0.29) is 29.2 Å². The van der Waals surface area contributed by atoms with E-state index in [1.54, 1.807) is 0 Å². The van der Waals surface area contributed by atoms with Crippen LogP contribution in [0.25, 0.3) is 0 Å². The van der Waals surface area contributed by atoms with E-state index >= 15 is 0 Å². The largest absolute Gasteiger partial charge is 0.340 e. The van der Waals surface area contributed by atoms with Gasteiger partial charge in [-0.15, -0.1) is 0 Å². The minimum atomic E-state index is -0.406. The maximum atomic E-state index is 13.4. The van der Waals surface area contributed by atoms with Crippen LogP contribution in [0.15, 0.2) is 24.3 Å². The monoisotopic (exact) mass is 371 g/mol. The topological polar surface area (TPSA) is 66.6 Å². The highest BCUT2D eigenvalue weighted by atomic mass is 16.2. The smallest absolute Gasteiger partial charge is 0.245 e. The van der Waals surface area contributed by atoms with E-state index in [2.05, 4.69) is 26.0 Å². The number of nitrogens with two attached hydrogens (primary N) is 1. The second-order valence-electron chi connectivity index (χ2n) is 9.25. The quantitative estimate of drug-likeness (QED) is 0.888. The van der Waals surface area contributed by atoms with Gasteiger partial charge in [0.15, 0.2) is 0 Å². The van der Waals surface area contributed by atoms with Crippen molar-refractivity contribution < 1.29 is 9.59 Å². The van der Waals surface area contributed by atoms with Crippen molar-refractivity contribution in [2.45, 2.75) is 65.6 Å². The van der Waals surface area contributed by atoms with Crippen molar-refractivity contribution in [1.82, 2.24) is 9.80 Å². The molecule has 2 atom stereocenters. The van der Waals surface area contributed by atoms with Crippen LogP contribution in [-0.2, 0) is 22.6 Å². The molecule has 0 aliphatic carbocycles. The van der Waals surface area contributed by atoms with Gasteiger partial charge in [-0.25, -0.2) is 0 Å². The summed E-state index contributed by atoms with van der Waals surface area (Å²) < 4.78 is 0. The Morgan fingerprint density at radius 2 is 1.89 bits per heavy atom. The third-order valence-corrected chi connectivity index (χ3v) is 6.06. The summed E-state index contributed by atoms with van der Waals surface area (Å²) >= 11 is 0. The molecule has 3 rings (SSSR count). The first-order valence-electron chi connectivity index (χ1n) is 10.1. The molecule has 2 heterocycles. The van der Waals surface area contributed by atoms with Gasteiger partial charge in [-0.1, -0.05) is 52.0 Å². The van der Waals surface area contributed by atoms with Gasteiger partial charge in [0.05, 0.1) is 0 Å². The molecule has 1 saturated heterocycles. The molecule has 2 N–H and O–H groups in total. The van der Waals surface area contributed by atoms with Crippen LogP contribution >= 0.6 is 0 Å². The lowest BCUT2D eigenvalue weighted by molar-refractivity contribution is -0.149. The molecule has 5 nitrogen and oxygen atoms in total. The Hall–Kier alpha value is -1.88. The second-order valence-corrected chi connectivity index (χ2v) is 9.25. The third kappa shape index (κ3) is 4.18. The molecule has 1 aromatic carbocycles. The minimum absolute atomic E-state index is 0.0709. The summed E-state index contributed by atoms with van der Waals surface area (Å²) in [7, 11) is 0. The number of carbonyl (C=O) groups is 2. The summed E-state index contributed by atoms with van der Waals surface area (Å²) in [6.07, 6.45) is 1.88. The molecule has 0 saturated carbocycles. The number of rotatable bonds is 3. The van der Waals surface area contributed by atoms with Gasteiger partial charge < -0.3 is 15.5 Å². The number of benzene rings is 1. The SMILES string of the molecule is CC(C)CC(=O)N1Cc2ccccc2CC1C(=O)N1CCC(N)C(C)(C)C1. The fraction of sp³-hybridized carbons (Fsp3) is 0.636. The van der Waals surface area contributed by atoms with Gasteiger partial charge in [-0.2, -0.15) is 0 Å². The predicted octanol–water partition coefficient (Wildman–Crippen LogP) is 2.57. The van der Waals surface area contributed by atoms with Gasteiger partial charge in [-0.3, -0.25) is 9.59 Å². The Bertz CT molecular complexity index is 713. The minimum Gasteiger partial charge on any atom is -0.340 e. The Morgan fingerprint density at radius 1 is 1.22 bits per heavy atom. The molecular formula is C22H33N3O2. The molecule has 2 unspecified atom stereocenters. The molecule has 2 amide bonds. The highest BCUT2D eigenvalue weighted by molar-refractivity contribution is 5.88. The normalized spacial score (nSPS) is 24.7. The van der Waals surface area contributed by atoms with E-state index < -0.39 is 6.04 Å². The number of hydrogen-bond donors (Lipinski definition) is 1. The van der Waals surface area contributed by atoms with E-state index in [1.165, 1.54) is 5.56 Å². The van der Waals surface area contributed by atoms with Crippen LogP contribution < -0.4 is 5.73 Å². The summed E-state index contributed by atoms with van der Waals surface area (Å²) in [4.78, 5) is 30.1. The van der Waals surface area contributed by atoms with Gasteiger partial charge in [0.1, 0.15) is 6.04 Å². The van der Waals surface area contributed by atoms with Crippen molar-refractivity contribution in [3.63, 3.8) is 0 Å². The van der Waals surface area contributed by atoms with Crippen LogP contribution in [0.2, 0.25) is 0 Å². The van der Waals surface area contributed by atoms with Crippen LogP contribution in [0.3, 0.4) is 0 Å². The third-order valence-electron chi connectivity index (χ3n) is 6.06. The number of hydrogen-bond acceptors (Lipinski definition) is 3. The Labute approximate surface area is 162 Å². The molecule has 0 bridgehead atoms. The van der Waals surface area contributed by atoms with Gasteiger partial charge in [0.2, 0.25) is 11.8 Å². The van der Waals surface area contributed by atoms with Crippen LogP contribution in [0.5, 0.6) is 0 Å². The lowest BCUT2D eigenvalue weighted by Gasteiger charge is -2.45. The zero-order valence-electron chi connectivity index (χ0n) is 17.1. The maximum Gasteiger partial charge on any atom is 0.245 e. The summed E-state index contributed by atoms with van der Waals surface area (Å²) in [5, 5.41) is 0. The van der Waals surface area contributed by atoms with Gasteiger partial charge in [0, 0.05) is 38.5 Å². The van der Waals surface area contributed by atoms with Crippen molar-refractivity contribution in [3.05, 3.63) is 35.4 Å². The molecular weight excluding hydrogens is 338 g/mol. The fourth-order valence-corrected chi connectivity index (χ4v) is 4.24. The summed E-state index contributed by atoms with van der Waals surface area (Å²) in [5.74, 6) is 0.421. The average Bonchev–Trinajstić information content (AvgIpc) is 2.61. The number of carbonyl (C=O) groups excluding carboxylic acids is 2. The molecule has 2 aliphatic heterocycles. The number of nitrogens with zero attached hydrogens (tertiary/aromatic N) is 2. The average molecular weight is 372 g/mol. The summed E-state index contributed by atoms with van der Waals surface area (Å²) in [6.45, 7) is 10.2. The van der Waals surface area contributed by atoms with E-state index in [9.17, 15) is 9.59 Å². The second kappa shape index (κ2) is 7.63. The standard InChI is InChI=1S/C22H33N3O2/c1-15(2)11-20(26)25-13-17-8-6-5-7-16(17)12-18(25)21(27)24-10-9-19(23)22(3,4)14-24/h5-8,15,18-19H,9-14,23H2,1-4H3. The zero-order chi connectivity index (χ0) is 19.8. The molecule has 2 aliphatic rings. The molecule has 0 radical (unpaired) electrons. The van der Waals surface area contributed by atoms with E-state index in [4.69, 9.17) is 5.73 Å². The Balaban J connectivity index is 1.85. The molecule has 148 valence electrons. The van der Waals surface area contributed by atoms with Crippen molar-refractivity contribution in [2.24, 2.45) is 17.1 Å². The highest BCUT2D eigenvalue weighted by Crippen LogP contribution is 2.31. The predicted molar refractivity (Wildman–Crippen MR) is 107 cm³/mol.